The molecule has 0 aliphatic heterocycles. The summed E-state index contributed by atoms with van der Waals surface area (Å²) >= 11 is 0. The van der Waals surface area contributed by atoms with Crippen LogP contribution in [0.3, 0.4) is 0 Å². The van der Waals surface area contributed by atoms with Gasteiger partial charge in [-0.1, -0.05) is 66.7 Å². The lowest BCUT2D eigenvalue weighted by molar-refractivity contribution is 0.347. The van der Waals surface area contributed by atoms with Crippen molar-refractivity contribution in [1.82, 2.24) is 0 Å². The maximum Gasteiger partial charge on any atom is 0.415 e. The van der Waals surface area contributed by atoms with E-state index in [2.05, 4.69) is 12.1 Å². The van der Waals surface area contributed by atoms with Crippen LogP contribution in [-0.4, -0.2) is 7.57 Å². The van der Waals surface area contributed by atoms with Crippen molar-refractivity contribution in [2.75, 3.05) is 0 Å². The quantitative estimate of drug-likeness (QED) is 0.513. The van der Waals surface area contributed by atoms with Gasteiger partial charge in [-0.2, -0.15) is 0 Å². The highest BCUT2D eigenvalue weighted by Gasteiger charge is 2.39. The fourth-order valence-electron chi connectivity index (χ4n) is 2.35. The molecule has 0 aliphatic rings. The van der Waals surface area contributed by atoms with Crippen molar-refractivity contribution in [1.29, 1.82) is 0 Å². The van der Waals surface area contributed by atoms with Crippen molar-refractivity contribution < 1.29 is 4.52 Å². The van der Waals surface area contributed by atoms with E-state index >= 15 is 0 Å². The standard InChI is InChI=1S/C19H17BOP/c20-22(18-12-6-2-7-13-18,19-14-8-3-9-15-19)21-16-17-10-4-1-5-11-17/h1-15H,16H2/q+1. The van der Waals surface area contributed by atoms with Crippen LogP contribution in [-0.2, 0) is 11.1 Å². The lowest BCUT2D eigenvalue weighted by Crippen LogP contribution is -2.24. The van der Waals surface area contributed by atoms with Gasteiger partial charge in [0.2, 0.25) is 0 Å². The minimum absolute atomic E-state index is 0.509. The summed E-state index contributed by atoms with van der Waals surface area (Å²) in [6.07, 6.45) is 0. The summed E-state index contributed by atoms with van der Waals surface area (Å²) in [6.45, 7) is 0.509. The van der Waals surface area contributed by atoms with E-state index in [0.29, 0.717) is 6.61 Å². The molecule has 0 amide bonds. The average molecular weight is 303 g/mol. The van der Waals surface area contributed by atoms with Gasteiger partial charge in [0.05, 0.1) is 0 Å². The number of benzene rings is 3. The van der Waals surface area contributed by atoms with E-state index in [1.54, 1.807) is 0 Å². The predicted molar refractivity (Wildman–Crippen MR) is 96.1 cm³/mol. The van der Waals surface area contributed by atoms with Gasteiger partial charge in [0, 0.05) is 0 Å². The van der Waals surface area contributed by atoms with Gasteiger partial charge in [0.15, 0.2) is 7.37 Å². The molecule has 0 bridgehead atoms. The molecule has 0 spiro atoms. The smallest absolute Gasteiger partial charge is 0.241 e. The van der Waals surface area contributed by atoms with Crippen molar-refractivity contribution in [2.45, 2.75) is 6.61 Å². The summed E-state index contributed by atoms with van der Waals surface area (Å²) in [6, 6.07) is 30.3. The molecule has 3 heteroatoms. The third-order valence-corrected chi connectivity index (χ3v) is 6.22. The van der Waals surface area contributed by atoms with Gasteiger partial charge < -0.3 is 0 Å². The average Bonchev–Trinajstić information content (AvgIpc) is 2.62. The van der Waals surface area contributed by atoms with Crippen LogP contribution in [0.5, 0.6) is 0 Å². The van der Waals surface area contributed by atoms with Crippen molar-refractivity contribution >= 4 is 25.5 Å². The molecule has 0 saturated heterocycles. The van der Waals surface area contributed by atoms with E-state index in [1.165, 1.54) is 0 Å². The lowest BCUT2D eigenvalue weighted by atomic mass is 10.2. The molecule has 1 nitrogen and oxygen atoms in total. The summed E-state index contributed by atoms with van der Waals surface area (Å²) in [4.78, 5) is 0. The highest BCUT2D eigenvalue weighted by molar-refractivity contribution is 8.05. The summed E-state index contributed by atoms with van der Waals surface area (Å²) < 4.78 is 6.28. The Balaban J connectivity index is 1.93. The van der Waals surface area contributed by atoms with E-state index in [1.807, 2.05) is 78.9 Å². The molecule has 0 atom stereocenters. The van der Waals surface area contributed by atoms with Gasteiger partial charge in [-0.05, 0) is 29.8 Å². The van der Waals surface area contributed by atoms with Gasteiger partial charge in [-0.25, -0.2) is 4.52 Å². The van der Waals surface area contributed by atoms with E-state index in [9.17, 15) is 0 Å². The van der Waals surface area contributed by atoms with Crippen LogP contribution in [0.15, 0.2) is 91.0 Å². The third kappa shape index (κ3) is 3.30. The molecule has 0 aliphatic carbocycles. The Morgan fingerprint density at radius 1 is 0.636 bits per heavy atom. The highest BCUT2D eigenvalue weighted by Crippen LogP contribution is 2.53. The molecule has 22 heavy (non-hydrogen) atoms. The van der Waals surface area contributed by atoms with Crippen LogP contribution >= 0.6 is 7.37 Å². The molecular formula is C19H17BOP+. The van der Waals surface area contributed by atoms with Crippen molar-refractivity contribution in [3.63, 3.8) is 0 Å². The second kappa shape index (κ2) is 6.92. The SMILES string of the molecule is [B][P+](OCc1ccccc1)(c1ccccc1)c1ccccc1. The minimum Gasteiger partial charge on any atom is -0.241 e. The maximum atomic E-state index is 6.78. The monoisotopic (exact) mass is 303 g/mol. The van der Waals surface area contributed by atoms with E-state index in [4.69, 9.17) is 12.1 Å². The Labute approximate surface area is 133 Å². The molecule has 3 aromatic rings. The molecule has 2 radical (unpaired) electrons. The first-order valence-electron chi connectivity index (χ1n) is 7.26. The molecule has 0 N–H and O–H groups in total. The van der Waals surface area contributed by atoms with Gasteiger partial charge in [-0.3, -0.25) is 0 Å². The molecule has 0 unspecified atom stereocenters. The Hall–Kier alpha value is -1.89. The van der Waals surface area contributed by atoms with Crippen LogP contribution < -0.4 is 10.6 Å². The Bertz CT molecular complexity index is 662. The Morgan fingerprint density at radius 3 is 1.50 bits per heavy atom. The molecule has 106 valence electrons. The Kier molecular flexibility index (Phi) is 4.72. The van der Waals surface area contributed by atoms with Gasteiger partial charge in [0.25, 0.3) is 0 Å². The summed E-state index contributed by atoms with van der Waals surface area (Å²) in [5.74, 6) is 0. The fourth-order valence-corrected chi connectivity index (χ4v) is 4.53. The maximum absolute atomic E-state index is 6.78. The van der Waals surface area contributed by atoms with Crippen LogP contribution in [0.2, 0.25) is 0 Å². The number of hydrogen-bond acceptors (Lipinski definition) is 1. The van der Waals surface area contributed by atoms with E-state index in [0.717, 1.165) is 16.2 Å². The molecule has 3 aromatic carbocycles. The van der Waals surface area contributed by atoms with Gasteiger partial charge in [0.1, 0.15) is 17.2 Å². The van der Waals surface area contributed by atoms with Crippen molar-refractivity contribution in [3.05, 3.63) is 96.6 Å². The van der Waals surface area contributed by atoms with Gasteiger partial charge >= 0.3 is 7.57 Å². The van der Waals surface area contributed by atoms with Crippen LogP contribution in [0.1, 0.15) is 5.56 Å². The van der Waals surface area contributed by atoms with Crippen LogP contribution in [0.4, 0.5) is 0 Å². The first-order chi connectivity index (χ1) is 10.8. The highest BCUT2D eigenvalue weighted by atomic mass is 31.2. The van der Waals surface area contributed by atoms with Crippen LogP contribution in [0.25, 0.3) is 0 Å². The topological polar surface area (TPSA) is 9.23 Å². The summed E-state index contributed by atoms with van der Waals surface area (Å²) in [7, 11) is 4.44. The summed E-state index contributed by atoms with van der Waals surface area (Å²) in [5, 5.41) is 2.11. The minimum atomic E-state index is -2.34. The third-order valence-electron chi connectivity index (χ3n) is 3.56. The van der Waals surface area contributed by atoms with Crippen LogP contribution in [0, 0.1) is 0 Å². The lowest BCUT2D eigenvalue weighted by Gasteiger charge is -2.22. The number of hydrogen-bond donors (Lipinski definition) is 0. The number of rotatable bonds is 5. The molecule has 0 saturated carbocycles. The molecule has 3 rings (SSSR count). The summed E-state index contributed by atoms with van der Waals surface area (Å²) in [5.41, 5.74) is 1.13. The zero-order chi connectivity index (χ0) is 15.3. The van der Waals surface area contributed by atoms with E-state index < -0.39 is 7.37 Å². The van der Waals surface area contributed by atoms with Gasteiger partial charge in [-0.15, -0.1) is 0 Å². The second-order valence-electron chi connectivity index (χ2n) is 5.09. The largest absolute Gasteiger partial charge is 0.415 e. The molecular weight excluding hydrogens is 286 g/mol. The van der Waals surface area contributed by atoms with Crippen molar-refractivity contribution in [2.24, 2.45) is 0 Å². The van der Waals surface area contributed by atoms with Crippen molar-refractivity contribution in [3.8, 4) is 0 Å². The first kappa shape index (κ1) is 15.0. The molecule has 0 fully saturated rings. The van der Waals surface area contributed by atoms with E-state index in [-0.39, 0.29) is 0 Å². The normalized spacial score (nSPS) is 11.3. The zero-order valence-corrected chi connectivity index (χ0v) is 13.2. The first-order valence-corrected chi connectivity index (χ1v) is 9.04. The zero-order valence-electron chi connectivity index (χ0n) is 12.3. The second-order valence-corrected chi connectivity index (χ2v) is 7.70. The predicted octanol–water partition coefficient (Wildman–Crippen LogP) is 3.87. The Morgan fingerprint density at radius 2 is 1.05 bits per heavy atom. The molecule has 0 heterocycles. The fraction of sp³-hybridized carbons (Fsp3) is 0.0526. The molecule has 0 aromatic heterocycles.